The second-order valence-electron chi connectivity index (χ2n) is 11.1. The second kappa shape index (κ2) is 11.1. The molecule has 0 amide bonds. The quantitative estimate of drug-likeness (QED) is 0.189. The van der Waals surface area contributed by atoms with Crippen molar-refractivity contribution in [2.75, 3.05) is 0 Å². The van der Waals surface area contributed by atoms with Crippen molar-refractivity contribution in [1.29, 1.82) is 0 Å². The van der Waals surface area contributed by atoms with Gasteiger partial charge in [0.25, 0.3) is 0 Å². The van der Waals surface area contributed by atoms with Crippen LogP contribution in [0.2, 0.25) is 0 Å². The molecule has 0 saturated carbocycles. The average Bonchev–Trinajstić information content (AvgIpc) is 3.31. The molecular formula is C30H40Cl2HfP2. The number of rotatable bonds is 8. The van der Waals surface area contributed by atoms with Crippen LogP contribution in [-0.2, 0) is 17.6 Å². The summed E-state index contributed by atoms with van der Waals surface area (Å²) in [6, 6.07) is 17.9. The van der Waals surface area contributed by atoms with Gasteiger partial charge in [0.05, 0.1) is 0 Å². The van der Waals surface area contributed by atoms with Crippen molar-refractivity contribution in [1.82, 2.24) is 0 Å². The second-order valence-corrected chi connectivity index (χ2v) is 38.7. The summed E-state index contributed by atoms with van der Waals surface area (Å²) < 4.78 is 0.433. The Labute approximate surface area is 227 Å². The third kappa shape index (κ3) is 5.26. The Kier molecular flexibility index (Phi) is 9.00. The van der Waals surface area contributed by atoms with E-state index in [0.717, 1.165) is 0 Å². The molecule has 2 aliphatic carbocycles. The Morgan fingerprint density at radius 2 is 0.886 bits per heavy atom. The van der Waals surface area contributed by atoms with E-state index in [4.69, 9.17) is 17.2 Å². The minimum absolute atomic E-state index is 0.216. The first-order valence-corrected chi connectivity index (χ1v) is 29.0. The Bertz CT molecular complexity index is 1030. The first-order valence-electron chi connectivity index (χ1n) is 13.0. The number of hydrogen-bond donors (Lipinski definition) is 0. The summed E-state index contributed by atoms with van der Waals surface area (Å²) in [5.41, 5.74) is 7.92. The molecule has 0 radical (unpaired) electrons. The predicted molar refractivity (Wildman–Crippen MR) is 160 cm³/mol. The van der Waals surface area contributed by atoms with E-state index in [1.54, 1.807) is 10.6 Å². The van der Waals surface area contributed by atoms with Crippen molar-refractivity contribution >= 4 is 45.1 Å². The van der Waals surface area contributed by atoms with Gasteiger partial charge in [0.15, 0.2) is 0 Å². The molecular weight excluding hydrogens is 672 g/mol. The third-order valence-electron chi connectivity index (χ3n) is 7.40. The SMILES string of the molecule is CC(C)P(C1=Cc2ccccc2[CH]1[Hf]([Cl])([Cl])[CH]1C(P(C(C)C)C(C)C)=Cc2ccccc21)C(C)C. The first-order chi connectivity index (χ1) is 16.5. The molecule has 35 heavy (non-hydrogen) atoms. The number of fused-ring (bicyclic) bond motifs is 2. The molecule has 0 aromatic heterocycles. The van der Waals surface area contributed by atoms with Crippen LogP contribution in [0.15, 0.2) is 59.2 Å². The van der Waals surface area contributed by atoms with Gasteiger partial charge < -0.3 is 0 Å². The van der Waals surface area contributed by atoms with Gasteiger partial charge in [0.1, 0.15) is 0 Å². The van der Waals surface area contributed by atoms with E-state index in [1.807, 2.05) is 0 Å². The van der Waals surface area contributed by atoms with Crippen molar-refractivity contribution in [3.8, 4) is 0 Å². The summed E-state index contributed by atoms with van der Waals surface area (Å²) in [6.07, 6.45) is 4.98. The molecule has 2 aromatic carbocycles. The summed E-state index contributed by atoms with van der Waals surface area (Å²) in [6.45, 7) is 19.1. The van der Waals surface area contributed by atoms with E-state index in [1.165, 1.54) is 22.3 Å². The minimum atomic E-state index is -4.12. The molecule has 188 valence electrons. The zero-order chi connectivity index (χ0) is 25.7. The Morgan fingerprint density at radius 3 is 1.20 bits per heavy atom. The van der Waals surface area contributed by atoms with Crippen LogP contribution in [0.5, 0.6) is 0 Å². The normalized spacial score (nSPS) is 19.9. The van der Waals surface area contributed by atoms with Crippen LogP contribution in [0.1, 0.15) is 85.0 Å². The Morgan fingerprint density at radius 1 is 0.571 bits per heavy atom. The van der Waals surface area contributed by atoms with E-state index in [-0.39, 0.29) is 23.2 Å². The molecule has 2 atom stereocenters. The van der Waals surface area contributed by atoms with Crippen LogP contribution in [-0.4, -0.2) is 22.6 Å². The molecule has 4 rings (SSSR count). The van der Waals surface area contributed by atoms with Gasteiger partial charge in [0, 0.05) is 0 Å². The maximum atomic E-state index is 8.03. The molecule has 0 nitrogen and oxygen atoms in total. The average molecular weight is 712 g/mol. The first kappa shape index (κ1) is 28.2. The number of allylic oxidation sites excluding steroid dienone is 2. The third-order valence-corrected chi connectivity index (χ3v) is 32.7. The van der Waals surface area contributed by atoms with Crippen LogP contribution in [0.25, 0.3) is 12.2 Å². The molecule has 2 aliphatic rings. The van der Waals surface area contributed by atoms with Crippen LogP contribution in [0.4, 0.5) is 0 Å². The molecule has 5 heteroatoms. The molecule has 2 aromatic rings. The maximum absolute atomic E-state index is 8.03. The zero-order valence-corrected chi connectivity index (χ0v) is 29.3. The topological polar surface area (TPSA) is 0 Å². The summed E-state index contributed by atoms with van der Waals surface area (Å²) >= 11 is -4.12. The van der Waals surface area contributed by atoms with Crippen molar-refractivity contribution in [3.63, 3.8) is 0 Å². The van der Waals surface area contributed by atoms with Crippen LogP contribution < -0.4 is 0 Å². The zero-order valence-electron chi connectivity index (χ0n) is 22.4. The Hall–Kier alpha value is 0.230. The van der Waals surface area contributed by atoms with E-state index in [0.29, 0.717) is 22.6 Å². The molecule has 0 aliphatic heterocycles. The van der Waals surface area contributed by atoms with Gasteiger partial charge in [-0.3, -0.25) is 0 Å². The molecule has 0 spiro atoms. The van der Waals surface area contributed by atoms with Gasteiger partial charge in [-0.1, -0.05) is 0 Å². The number of benzene rings is 2. The van der Waals surface area contributed by atoms with Crippen molar-refractivity contribution in [3.05, 3.63) is 81.4 Å². The van der Waals surface area contributed by atoms with E-state index in [9.17, 15) is 0 Å². The summed E-state index contributed by atoms with van der Waals surface area (Å²) in [5, 5.41) is 3.14. The monoisotopic (exact) mass is 712 g/mol. The van der Waals surface area contributed by atoms with E-state index < -0.39 is 17.6 Å². The summed E-state index contributed by atoms with van der Waals surface area (Å²) in [5.74, 6) is 0. The summed E-state index contributed by atoms with van der Waals surface area (Å²) in [7, 11) is 15.4. The van der Waals surface area contributed by atoms with Crippen LogP contribution in [0.3, 0.4) is 0 Å². The molecule has 0 fully saturated rings. The van der Waals surface area contributed by atoms with Crippen LogP contribution in [0, 0.1) is 0 Å². The molecule has 0 heterocycles. The van der Waals surface area contributed by atoms with Gasteiger partial charge in [-0.05, 0) is 0 Å². The van der Waals surface area contributed by atoms with Gasteiger partial charge in [-0.25, -0.2) is 0 Å². The van der Waals surface area contributed by atoms with Crippen molar-refractivity contribution < 1.29 is 17.6 Å². The molecule has 0 bridgehead atoms. The standard InChI is InChI=1S/2C15H20P.2ClH.Hf/c2*1-11(2)16(12(3)4)15-9-13-7-5-6-8-14(13)10-15;;;/h2*5-12H,1-4H3;2*1H;/q;;;;+2/p-2. The number of halogens is 2. The molecule has 0 saturated heterocycles. The Balaban J connectivity index is 1.91. The van der Waals surface area contributed by atoms with E-state index in [2.05, 4.69) is 116 Å². The van der Waals surface area contributed by atoms with Crippen LogP contribution >= 0.6 is 33.0 Å². The van der Waals surface area contributed by atoms with Crippen molar-refractivity contribution in [2.45, 2.75) is 85.4 Å². The van der Waals surface area contributed by atoms with Gasteiger partial charge in [0.2, 0.25) is 0 Å². The van der Waals surface area contributed by atoms with E-state index >= 15 is 0 Å². The fraction of sp³-hybridized carbons (Fsp3) is 0.467. The van der Waals surface area contributed by atoms with Crippen molar-refractivity contribution in [2.24, 2.45) is 0 Å². The van der Waals surface area contributed by atoms with Gasteiger partial charge in [-0.15, -0.1) is 0 Å². The van der Waals surface area contributed by atoms with Gasteiger partial charge >= 0.3 is 230 Å². The summed E-state index contributed by atoms with van der Waals surface area (Å²) in [4.78, 5) is 0. The predicted octanol–water partition coefficient (Wildman–Crippen LogP) is 11.2. The number of hydrogen-bond acceptors (Lipinski definition) is 0. The molecule has 2 unspecified atom stereocenters. The fourth-order valence-corrected chi connectivity index (χ4v) is 38.9. The van der Waals surface area contributed by atoms with Gasteiger partial charge in [-0.2, -0.15) is 0 Å². The molecule has 0 N–H and O–H groups in total. The fourth-order valence-electron chi connectivity index (χ4n) is 6.42.